The number of aromatic nitrogens is 1. The number of pyridine rings is 1. The van der Waals surface area contributed by atoms with E-state index in [2.05, 4.69) is 10.3 Å². The van der Waals surface area contributed by atoms with E-state index in [-0.39, 0.29) is 30.6 Å². The summed E-state index contributed by atoms with van der Waals surface area (Å²) in [5.41, 5.74) is 6.13. The first-order chi connectivity index (χ1) is 10.4. The summed E-state index contributed by atoms with van der Waals surface area (Å²) in [5, 5.41) is 12.7. The fourth-order valence-corrected chi connectivity index (χ4v) is 2.50. The molecule has 1 aliphatic heterocycles. The molecule has 118 valence electrons. The van der Waals surface area contributed by atoms with Crippen LogP contribution in [0.15, 0.2) is 18.2 Å². The minimum absolute atomic E-state index is 0.0208. The molecule has 1 aromatic heterocycles. The maximum atomic E-state index is 12.0. The molecule has 1 aliphatic rings. The lowest BCUT2D eigenvalue weighted by Gasteiger charge is -2.31. The number of Topliss-reactive ketones (excluding diaryl/α,β-unsaturated/α-hetero) is 1. The predicted octanol–water partition coefficient (Wildman–Crippen LogP) is -0.131. The standard InChI is InChI=1S/C14H20BN3O4/c1-9(19)7-11-5-6-12(15(21)22-11)18-14(20)8-10-3-2-4-13(16)17-10/h2-4,11-12,21H,5-8H2,1H3,(H2,16,17)(H,18,20)/t11-,12-/m0/s1. The third kappa shape index (κ3) is 4.82. The Morgan fingerprint density at radius 2 is 2.27 bits per heavy atom. The molecule has 0 bridgehead atoms. The van der Waals surface area contributed by atoms with Crippen molar-refractivity contribution in [3.63, 3.8) is 0 Å². The molecular formula is C14H20BN3O4. The lowest BCUT2D eigenvalue weighted by atomic mass is 9.72. The van der Waals surface area contributed by atoms with Gasteiger partial charge in [-0.3, -0.25) is 9.59 Å². The van der Waals surface area contributed by atoms with E-state index in [0.717, 1.165) is 0 Å². The van der Waals surface area contributed by atoms with Gasteiger partial charge < -0.3 is 20.7 Å². The van der Waals surface area contributed by atoms with Crippen molar-refractivity contribution in [2.24, 2.45) is 0 Å². The Bertz CT molecular complexity index is 555. The average molecular weight is 305 g/mol. The van der Waals surface area contributed by atoms with Gasteiger partial charge in [-0.2, -0.15) is 0 Å². The molecule has 22 heavy (non-hydrogen) atoms. The molecule has 1 amide bonds. The van der Waals surface area contributed by atoms with Gasteiger partial charge >= 0.3 is 7.12 Å². The topological polar surface area (TPSA) is 115 Å². The summed E-state index contributed by atoms with van der Waals surface area (Å²) in [7, 11) is -1.10. The Morgan fingerprint density at radius 3 is 2.91 bits per heavy atom. The summed E-state index contributed by atoms with van der Waals surface area (Å²) in [5.74, 6) is -0.349. The lowest BCUT2D eigenvalue weighted by molar-refractivity contribution is -0.122. The molecule has 2 atom stereocenters. The smallest absolute Gasteiger partial charge is 0.426 e. The van der Waals surface area contributed by atoms with Crippen LogP contribution < -0.4 is 11.1 Å². The molecule has 0 saturated carbocycles. The number of carbonyl (C=O) groups is 2. The van der Waals surface area contributed by atoms with Crippen LogP contribution >= 0.6 is 0 Å². The Labute approximate surface area is 129 Å². The highest BCUT2D eigenvalue weighted by atomic mass is 16.5. The van der Waals surface area contributed by atoms with E-state index < -0.39 is 13.1 Å². The number of carbonyl (C=O) groups excluding carboxylic acids is 2. The van der Waals surface area contributed by atoms with Gasteiger partial charge in [-0.1, -0.05) is 6.07 Å². The average Bonchev–Trinajstić information content (AvgIpc) is 2.41. The van der Waals surface area contributed by atoms with Crippen molar-refractivity contribution >= 4 is 24.6 Å². The highest BCUT2D eigenvalue weighted by Gasteiger charge is 2.36. The van der Waals surface area contributed by atoms with Gasteiger partial charge in [0.05, 0.1) is 18.1 Å². The summed E-state index contributed by atoms with van der Waals surface area (Å²) in [6.07, 6.45) is 1.28. The van der Waals surface area contributed by atoms with E-state index in [1.165, 1.54) is 6.92 Å². The second kappa shape index (κ2) is 7.37. The van der Waals surface area contributed by atoms with Crippen LogP contribution in [-0.4, -0.2) is 40.9 Å². The van der Waals surface area contributed by atoms with E-state index in [1.54, 1.807) is 18.2 Å². The molecule has 2 rings (SSSR count). The maximum Gasteiger partial charge on any atom is 0.478 e. The SMILES string of the molecule is CC(=O)C[C@@H]1CC[C@H](NC(=O)Cc2cccc(N)n2)B(O)O1. The van der Waals surface area contributed by atoms with E-state index >= 15 is 0 Å². The number of hydrogen-bond donors (Lipinski definition) is 3. The Hall–Kier alpha value is -1.93. The van der Waals surface area contributed by atoms with Crippen LogP contribution in [0.25, 0.3) is 0 Å². The fraction of sp³-hybridized carbons (Fsp3) is 0.500. The van der Waals surface area contributed by atoms with E-state index in [4.69, 9.17) is 10.4 Å². The van der Waals surface area contributed by atoms with Crippen LogP contribution in [0.2, 0.25) is 0 Å². The molecule has 7 nitrogen and oxygen atoms in total. The molecule has 0 unspecified atom stereocenters. The van der Waals surface area contributed by atoms with E-state index in [1.807, 2.05) is 0 Å². The molecule has 1 fully saturated rings. The van der Waals surface area contributed by atoms with Gasteiger partial charge in [-0.25, -0.2) is 4.98 Å². The first-order valence-corrected chi connectivity index (χ1v) is 7.28. The summed E-state index contributed by atoms with van der Waals surface area (Å²) in [6, 6.07) is 5.10. The van der Waals surface area contributed by atoms with E-state index in [9.17, 15) is 14.6 Å². The monoisotopic (exact) mass is 305 g/mol. The number of nitrogen functional groups attached to an aromatic ring is 1. The molecule has 2 heterocycles. The number of nitrogens with one attached hydrogen (secondary N) is 1. The molecule has 0 radical (unpaired) electrons. The van der Waals surface area contributed by atoms with Crippen LogP contribution in [0.1, 0.15) is 31.9 Å². The van der Waals surface area contributed by atoms with Crippen molar-refractivity contribution < 1.29 is 19.3 Å². The molecule has 0 spiro atoms. The van der Waals surface area contributed by atoms with Gasteiger partial charge in [0.1, 0.15) is 11.6 Å². The van der Waals surface area contributed by atoms with Crippen LogP contribution in [-0.2, 0) is 20.7 Å². The fourth-order valence-electron chi connectivity index (χ4n) is 2.50. The number of amides is 1. The van der Waals surface area contributed by atoms with Crippen LogP contribution in [0.3, 0.4) is 0 Å². The first-order valence-electron chi connectivity index (χ1n) is 7.28. The molecule has 8 heteroatoms. The molecule has 0 aliphatic carbocycles. The second-order valence-electron chi connectivity index (χ2n) is 5.54. The number of nitrogens with zero attached hydrogens (tertiary/aromatic N) is 1. The van der Waals surface area contributed by atoms with Crippen molar-refractivity contribution in [2.75, 3.05) is 5.73 Å². The molecule has 4 N–H and O–H groups in total. The largest absolute Gasteiger partial charge is 0.478 e. The highest BCUT2D eigenvalue weighted by Crippen LogP contribution is 2.19. The number of rotatable bonds is 5. The number of hydrogen-bond acceptors (Lipinski definition) is 6. The van der Waals surface area contributed by atoms with E-state index in [0.29, 0.717) is 24.4 Å². The maximum absolute atomic E-state index is 12.0. The summed E-state index contributed by atoms with van der Waals surface area (Å²) in [4.78, 5) is 27.1. The number of ketones is 1. The lowest BCUT2D eigenvalue weighted by Crippen LogP contribution is -2.53. The molecule has 0 aromatic carbocycles. The summed E-state index contributed by atoms with van der Waals surface area (Å²) in [6.45, 7) is 1.49. The van der Waals surface area contributed by atoms with Gasteiger partial charge in [0.25, 0.3) is 0 Å². The molecule has 1 saturated heterocycles. The van der Waals surface area contributed by atoms with Crippen LogP contribution in [0, 0.1) is 0 Å². The third-order valence-corrected chi connectivity index (χ3v) is 3.51. The van der Waals surface area contributed by atoms with Crippen molar-refractivity contribution in [2.45, 2.75) is 44.7 Å². The zero-order valence-electron chi connectivity index (χ0n) is 12.5. The summed E-state index contributed by atoms with van der Waals surface area (Å²) < 4.78 is 5.36. The zero-order chi connectivity index (χ0) is 16.1. The van der Waals surface area contributed by atoms with Crippen LogP contribution in [0.5, 0.6) is 0 Å². The highest BCUT2D eigenvalue weighted by molar-refractivity contribution is 6.45. The Balaban J connectivity index is 1.83. The first kappa shape index (κ1) is 16.4. The van der Waals surface area contributed by atoms with Crippen molar-refractivity contribution in [1.29, 1.82) is 0 Å². The second-order valence-corrected chi connectivity index (χ2v) is 5.54. The Kier molecular flexibility index (Phi) is 5.51. The predicted molar refractivity (Wildman–Crippen MR) is 81.7 cm³/mol. The van der Waals surface area contributed by atoms with Gasteiger partial charge in [0, 0.05) is 12.5 Å². The van der Waals surface area contributed by atoms with Crippen LogP contribution in [0.4, 0.5) is 5.82 Å². The normalized spacial score (nSPS) is 21.5. The Morgan fingerprint density at radius 1 is 1.50 bits per heavy atom. The summed E-state index contributed by atoms with van der Waals surface area (Å²) >= 11 is 0. The molecule has 1 aromatic rings. The van der Waals surface area contributed by atoms with Gasteiger partial charge in [0.2, 0.25) is 5.91 Å². The third-order valence-electron chi connectivity index (χ3n) is 3.51. The van der Waals surface area contributed by atoms with Gasteiger partial charge in [0.15, 0.2) is 0 Å². The number of anilines is 1. The zero-order valence-corrected chi connectivity index (χ0v) is 12.5. The van der Waals surface area contributed by atoms with Gasteiger partial charge in [-0.05, 0) is 31.9 Å². The van der Waals surface area contributed by atoms with Crippen molar-refractivity contribution in [3.8, 4) is 0 Å². The van der Waals surface area contributed by atoms with Crippen molar-refractivity contribution in [3.05, 3.63) is 23.9 Å². The quantitative estimate of drug-likeness (QED) is 0.653. The number of nitrogens with two attached hydrogens (primary N) is 1. The van der Waals surface area contributed by atoms with Crippen molar-refractivity contribution in [1.82, 2.24) is 10.3 Å². The molecular weight excluding hydrogens is 285 g/mol. The minimum Gasteiger partial charge on any atom is -0.426 e. The minimum atomic E-state index is -1.10. The van der Waals surface area contributed by atoms with Gasteiger partial charge in [-0.15, -0.1) is 0 Å².